The predicted molar refractivity (Wildman–Crippen MR) is 91.3 cm³/mol. The van der Waals surface area contributed by atoms with E-state index in [1.165, 1.54) is 37.9 Å². The van der Waals surface area contributed by atoms with Gasteiger partial charge in [0.05, 0.1) is 0 Å². The first-order valence-electron chi connectivity index (χ1n) is 7.88. The van der Waals surface area contributed by atoms with Crippen molar-refractivity contribution < 1.29 is 0 Å². The van der Waals surface area contributed by atoms with Gasteiger partial charge in [-0.1, -0.05) is 42.6 Å². The van der Waals surface area contributed by atoms with Gasteiger partial charge >= 0.3 is 0 Å². The molecule has 0 saturated heterocycles. The summed E-state index contributed by atoms with van der Waals surface area (Å²) in [7, 11) is 0. The van der Waals surface area contributed by atoms with Crippen molar-refractivity contribution in [1.82, 2.24) is 4.90 Å². The molecule has 1 aliphatic rings. The van der Waals surface area contributed by atoms with Crippen LogP contribution >= 0.6 is 15.9 Å². The molecule has 0 unspecified atom stereocenters. The molecule has 0 heterocycles. The van der Waals surface area contributed by atoms with Gasteiger partial charge in [-0.05, 0) is 43.0 Å². The highest BCUT2D eigenvalue weighted by atomic mass is 79.9. The summed E-state index contributed by atoms with van der Waals surface area (Å²) in [5, 5.41) is 3.54. The van der Waals surface area contributed by atoms with Gasteiger partial charge in [-0.2, -0.15) is 0 Å². The molecule has 0 amide bonds. The first-order valence-corrected chi connectivity index (χ1v) is 8.68. The van der Waals surface area contributed by atoms with E-state index in [0.717, 1.165) is 29.5 Å². The Morgan fingerprint density at radius 2 is 1.85 bits per heavy atom. The highest BCUT2D eigenvalue weighted by Gasteiger charge is 2.22. The maximum Gasteiger partial charge on any atom is 0.0341 e. The van der Waals surface area contributed by atoms with Gasteiger partial charge in [0, 0.05) is 35.8 Å². The number of hydrogen-bond acceptors (Lipinski definition) is 2. The molecule has 3 heteroatoms. The van der Waals surface area contributed by atoms with Crippen LogP contribution in [0.25, 0.3) is 0 Å². The van der Waals surface area contributed by atoms with E-state index in [1.807, 2.05) is 0 Å². The van der Waals surface area contributed by atoms with Crippen molar-refractivity contribution >= 4 is 21.6 Å². The van der Waals surface area contributed by atoms with Gasteiger partial charge in [-0.3, -0.25) is 4.90 Å². The summed E-state index contributed by atoms with van der Waals surface area (Å²) in [5.74, 6) is 0.753. The zero-order chi connectivity index (χ0) is 14.4. The molecule has 2 nitrogen and oxygen atoms in total. The zero-order valence-electron chi connectivity index (χ0n) is 12.7. The van der Waals surface area contributed by atoms with Crippen molar-refractivity contribution in [3.05, 3.63) is 28.7 Å². The second-order valence-corrected chi connectivity index (χ2v) is 7.18. The van der Waals surface area contributed by atoms with Crippen molar-refractivity contribution in [2.75, 3.05) is 25.0 Å². The molecular weight excluding hydrogens is 312 g/mol. The molecule has 0 bridgehead atoms. The van der Waals surface area contributed by atoms with E-state index in [1.54, 1.807) is 0 Å². The molecule has 1 saturated carbocycles. The largest absolute Gasteiger partial charge is 0.384 e. The normalized spacial score (nSPS) is 16.2. The third-order valence-electron chi connectivity index (χ3n) is 4.01. The van der Waals surface area contributed by atoms with Crippen LogP contribution in [0.3, 0.4) is 0 Å². The van der Waals surface area contributed by atoms with Crippen LogP contribution in [0, 0.1) is 5.92 Å². The number of anilines is 1. The Balaban J connectivity index is 1.80. The first kappa shape index (κ1) is 15.8. The van der Waals surface area contributed by atoms with E-state index in [0.29, 0.717) is 0 Å². The highest BCUT2D eigenvalue weighted by Crippen LogP contribution is 2.24. The summed E-state index contributed by atoms with van der Waals surface area (Å²) in [4.78, 5) is 2.70. The smallest absolute Gasteiger partial charge is 0.0341 e. The fraction of sp³-hybridized carbons (Fsp3) is 0.647. The summed E-state index contributed by atoms with van der Waals surface area (Å²) >= 11 is 3.47. The molecule has 2 rings (SSSR count). The minimum atomic E-state index is 0.753. The average molecular weight is 339 g/mol. The fourth-order valence-corrected chi connectivity index (χ4v) is 3.34. The summed E-state index contributed by atoms with van der Waals surface area (Å²) < 4.78 is 1.13. The predicted octanol–water partition coefficient (Wildman–Crippen LogP) is 4.76. The third kappa shape index (κ3) is 5.10. The molecular formula is C17H27BrN2. The number of nitrogens with zero attached hydrogens (tertiary/aromatic N) is 1. The Morgan fingerprint density at radius 1 is 1.20 bits per heavy atom. The lowest BCUT2D eigenvalue weighted by atomic mass is 10.1. The second kappa shape index (κ2) is 8.04. The van der Waals surface area contributed by atoms with Crippen LogP contribution in [-0.4, -0.2) is 30.6 Å². The van der Waals surface area contributed by atoms with E-state index in [9.17, 15) is 0 Å². The Kier molecular flexibility index (Phi) is 6.37. The molecule has 1 N–H and O–H groups in total. The topological polar surface area (TPSA) is 15.3 Å². The van der Waals surface area contributed by atoms with Gasteiger partial charge in [-0.25, -0.2) is 0 Å². The Morgan fingerprint density at radius 3 is 2.45 bits per heavy atom. The number of nitrogens with one attached hydrogen (secondary N) is 1. The Labute approximate surface area is 132 Å². The lowest BCUT2D eigenvalue weighted by molar-refractivity contribution is 0.184. The van der Waals surface area contributed by atoms with E-state index in [4.69, 9.17) is 0 Å². The van der Waals surface area contributed by atoms with E-state index >= 15 is 0 Å². The molecule has 0 spiro atoms. The molecule has 0 radical (unpaired) electrons. The second-order valence-electron chi connectivity index (χ2n) is 6.26. The van der Waals surface area contributed by atoms with Crippen LogP contribution in [-0.2, 0) is 0 Å². The molecule has 1 aromatic carbocycles. The van der Waals surface area contributed by atoms with Crippen LogP contribution in [0.4, 0.5) is 5.69 Å². The molecule has 0 aromatic heterocycles. The lowest BCUT2D eigenvalue weighted by Gasteiger charge is -2.30. The summed E-state index contributed by atoms with van der Waals surface area (Å²) in [5.41, 5.74) is 1.21. The summed E-state index contributed by atoms with van der Waals surface area (Å²) in [6.45, 7) is 8.06. The van der Waals surface area contributed by atoms with Gasteiger partial charge in [0.25, 0.3) is 0 Å². The quantitative estimate of drug-likeness (QED) is 0.770. The lowest BCUT2D eigenvalue weighted by Crippen LogP contribution is -2.39. The van der Waals surface area contributed by atoms with Gasteiger partial charge in [0.1, 0.15) is 0 Å². The molecule has 20 heavy (non-hydrogen) atoms. The van der Waals surface area contributed by atoms with Crippen LogP contribution in [0.2, 0.25) is 0 Å². The van der Waals surface area contributed by atoms with Crippen molar-refractivity contribution in [3.8, 4) is 0 Å². The first-order chi connectivity index (χ1) is 9.65. The van der Waals surface area contributed by atoms with Crippen LogP contribution in [0.15, 0.2) is 28.7 Å². The van der Waals surface area contributed by atoms with Crippen molar-refractivity contribution in [3.63, 3.8) is 0 Å². The van der Waals surface area contributed by atoms with Crippen LogP contribution in [0.5, 0.6) is 0 Å². The van der Waals surface area contributed by atoms with Crippen LogP contribution in [0.1, 0.15) is 39.5 Å². The van der Waals surface area contributed by atoms with Gasteiger partial charge in [-0.15, -0.1) is 0 Å². The molecule has 1 aliphatic carbocycles. The maximum atomic E-state index is 3.54. The Bertz CT molecular complexity index is 382. The van der Waals surface area contributed by atoms with Crippen LogP contribution < -0.4 is 5.32 Å². The van der Waals surface area contributed by atoms with Gasteiger partial charge in [0.2, 0.25) is 0 Å². The molecule has 0 aliphatic heterocycles. The highest BCUT2D eigenvalue weighted by molar-refractivity contribution is 9.10. The molecule has 1 aromatic rings. The van der Waals surface area contributed by atoms with Crippen molar-refractivity contribution in [2.45, 2.75) is 45.6 Å². The van der Waals surface area contributed by atoms with Gasteiger partial charge < -0.3 is 5.32 Å². The molecule has 0 atom stereocenters. The monoisotopic (exact) mass is 338 g/mol. The average Bonchev–Trinajstić information content (AvgIpc) is 2.93. The zero-order valence-corrected chi connectivity index (χ0v) is 14.3. The molecule has 1 fully saturated rings. The Hall–Kier alpha value is -0.540. The minimum absolute atomic E-state index is 0.753. The van der Waals surface area contributed by atoms with Crippen molar-refractivity contribution in [1.29, 1.82) is 0 Å². The third-order valence-corrected chi connectivity index (χ3v) is 4.54. The fourth-order valence-electron chi connectivity index (χ4n) is 3.07. The number of benzene rings is 1. The van der Waals surface area contributed by atoms with Gasteiger partial charge in [0.15, 0.2) is 0 Å². The standard InChI is InChI=1S/C17H27BrN2/c1-14(2)13-20(17-5-3-4-6-17)12-11-19-16-9-7-15(18)8-10-16/h7-10,14,17,19H,3-6,11-13H2,1-2H3. The SMILES string of the molecule is CC(C)CN(CCNc1ccc(Br)cc1)C1CCCC1. The minimum Gasteiger partial charge on any atom is -0.384 e. The summed E-state index contributed by atoms with van der Waals surface area (Å²) in [6.07, 6.45) is 5.62. The maximum absolute atomic E-state index is 3.54. The van der Waals surface area contributed by atoms with Crippen molar-refractivity contribution in [2.24, 2.45) is 5.92 Å². The number of rotatable bonds is 7. The molecule has 112 valence electrons. The number of halogens is 1. The van der Waals surface area contributed by atoms with E-state index in [2.05, 4.69) is 64.3 Å². The summed E-state index contributed by atoms with van der Waals surface area (Å²) in [6, 6.07) is 9.26. The number of hydrogen-bond donors (Lipinski definition) is 1. The van der Waals surface area contributed by atoms with E-state index in [-0.39, 0.29) is 0 Å². The van der Waals surface area contributed by atoms with E-state index < -0.39 is 0 Å².